The van der Waals surface area contributed by atoms with Crippen LogP contribution < -0.4 is 5.32 Å². The molecule has 0 saturated heterocycles. The highest BCUT2D eigenvalue weighted by Crippen LogP contribution is 2.08. The van der Waals surface area contributed by atoms with E-state index < -0.39 is 0 Å². The third kappa shape index (κ3) is 3.30. The van der Waals surface area contributed by atoms with Crippen LogP contribution in [0.15, 0.2) is 4.42 Å². The smallest absolute Gasteiger partial charge is 0.208 e. The van der Waals surface area contributed by atoms with E-state index in [1.54, 1.807) is 14.2 Å². The van der Waals surface area contributed by atoms with E-state index in [4.69, 9.17) is 13.9 Å². The first-order chi connectivity index (χ1) is 7.58. The molecule has 1 heterocycles. The summed E-state index contributed by atoms with van der Waals surface area (Å²) in [5, 5.41) is 3.24. The van der Waals surface area contributed by atoms with Crippen molar-refractivity contribution in [3.63, 3.8) is 0 Å². The van der Waals surface area contributed by atoms with E-state index in [9.17, 15) is 0 Å². The Balaban J connectivity index is 2.45. The fraction of sp³-hybridized carbons (Fsp3) is 0.727. The summed E-state index contributed by atoms with van der Waals surface area (Å²) in [5.41, 5.74) is 0.930. The first kappa shape index (κ1) is 13.2. The molecule has 0 radical (unpaired) electrons. The Labute approximate surface area is 96.1 Å². The summed E-state index contributed by atoms with van der Waals surface area (Å²) >= 11 is 0. The van der Waals surface area contributed by atoms with Gasteiger partial charge < -0.3 is 19.2 Å². The number of aryl methyl sites for hydroxylation is 2. The van der Waals surface area contributed by atoms with Gasteiger partial charge in [0.15, 0.2) is 6.29 Å². The van der Waals surface area contributed by atoms with E-state index >= 15 is 0 Å². The van der Waals surface area contributed by atoms with Crippen molar-refractivity contribution in [1.29, 1.82) is 0 Å². The molecule has 1 aromatic heterocycles. The van der Waals surface area contributed by atoms with Crippen LogP contribution in [0.1, 0.15) is 24.3 Å². The van der Waals surface area contributed by atoms with Crippen LogP contribution in [0, 0.1) is 13.8 Å². The van der Waals surface area contributed by atoms with Crippen LogP contribution in [0.2, 0.25) is 0 Å². The summed E-state index contributed by atoms with van der Waals surface area (Å²) in [5.74, 6) is 1.55. The van der Waals surface area contributed by atoms with Crippen molar-refractivity contribution in [3.05, 3.63) is 17.3 Å². The molecule has 1 rings (SSSR count). The average molecular weight is 228 g/mol. The predicted octanol–water partition coefficient (Wildman–Crippen LogP) is 1.39. The second kappa shape index (κ2) is 5.98. The highest BCUT2D eigenvalue weighted by molar-refractivity contribution is 5.05. The van der Waals surface area contributed by atoms with E-state index in [1.807, 2.05) is 20.8 Å². The SMILES string of the molecule is COC(OC)C(C)NCc1nc(C)c(C)o1. The third-order valence-corrected chi connectivity index (χ3v) is 2.52. The van der Waals surface area contributed by atoms with Gasteiger partial charge in [-0.2, -0.15) is 0 Å². The topological polar surface area (TPSA) is 56.5 Å². The molecule has 0 aliphatic rings. The molecule has 0 spiro atoms. The summed E-state index contributed by atoms with van der Waals surface area (Å²) in [6.45, 7) is 6.39. The first-order valence-electron chi connectivity index (χ1n) is 5.30. The quantitative estimate of drug-likeness (QED) is 0.746. The molecule has 1 unspecified atom stereocenters. The Hall–Kier alpha value is -0.910. The number of methoxy groups -OCH3 is 2. The number of nitrogens with one attached hydrogen (secondary N) is 1. The van der Waals surface area contributed by atoms with Crippen molar-refractivity contribution >= 4 is 0 Å². The second-order valence-corrected chi connectivity index (χ2v) is 3.76. The van der Waals surface area contributed by atoms with Gasteiger partial charge >= 0.3 is 0 Å². The van der Waals surface area contributed by atoms with E-state index in [0.717, 1.165) is 11.5 Å². The van der Waals surface area contributed by atoms with Crippen molar-refractivity contribution in [3.8, 4) is 0 Å². The molecular formula is C11H20N2O3. The Kier molecular flexibility index (Phi) is 4.92. The highest BCUT2D eigenvalue weighted by Gasteiger charge is 2.16. The van der Waals surface area contributed by atoms with Crippen LogP contribution in [-0.4, -0.2) is 31.5 Å². The van der Waals surface area contributed by atoms with Crippen molar-refractivity contribution in [2.75, 3.05) is 14.2 Å². The van der Waals surface area contributed by atoms with Gasteiger partial charge in [-0.3, -0.25) is 0 Å². The normalized spacial score (nSPS) is 13.4. The lowest BCUT2D eigenvalue weighted by Crippen LogP contribution is -2.39. The van der Waals surface area contributed by atoms with Crippen molar-refractivity contribution < 1.29 is 13.9 Å². The molecule has 0 aliphatic carbocycles. The monoisotopic (exact) mass is 228 g/mol. The van der Waals surface area contributed by atoms with Crippen LogP contribution in [-0.2, 0) is 16.0 Å². The molecule has 16 heavy (non-hydrogen) atoms. The maximum atomic E-state index is 5.46. The standard InChI is InChI=1S/C11H20N2O3/c1-7-9(3)16-10(13-7)6-12-8(2)11(14-4)15-5/h8,11-12H,6H2,1-5H3. The molecule has 0 aliphatic heterocycles. The number of hydrogen-bond donors (Lipinski definition) is 1. The lowest BCUT2D eigenvalue weighted by molar-refractivity contribution is -0.119. The van der Waals surface area contributed by atoms with Gasteiger partial charge in [-0.15, -0.1) is 0 Å². The van der Waals surface area contributed by atoms with Gasteiger partial charge in [0, 0.05) is 14.2 Å². The fourth-order valence-electron chi connectivity index (χ4n) is 1.46. The number of hydrogen-bond acceptors (Lipinski definition) is 5. The Morgan fingerprint density at radius 3 is 2.38 bits per heavy atom. The molecular weight excluding hydrogens is 208 g/mol. The molecule has 0 amide bonds. The largest absolute Gasteiger partial charge is 0.444 e. The summed E-state index contributed by atoms with van der Waals surface area (Å²) in [6, 6.07) is 0.0718. The van der Waals surface area contributed by atoms with Crippen LogP contribution in [0.5, 0.6) is 0 Å². The van der Waals surface area contributed by atoms with Crippen LogP contribution >= 0.6 is 0 Å². The van der Waals surface area contributed by atoms with E-state index in [2.05, 4.69) is 10.3 Å². The minimum Gasteiger partial charge on any atom is -0.444 e. The third-order valence-electron chi connectivity index (χ3n) is 2.52. The first-order valence-corrected chi connectivity index (χ1v) is 5.30. The van der Waals surface area contributed by atoms with Gasteiger partial charge in [-0.1, -0.05) is 0 Å². The molecule has 5 heteroatoms. The number of ether oxygens (including phenoxy) is 2. The minimum atomic E-state index is -0.267. The zero-order valence-corrected chi connectivity index (χ0v) is 10.5. The molecule has 0 saturated carbocycles. The van der Waals surface area contributed by atoms with Crippen LogP contribution in [0.4, 0.5) is 0 Å². The Morgan fingerprint density at radius 1 is 1.31 bits per heavy atom. The minimum absolute atomic E-state index is 0.0718. The van der Waals surface area contributed by atoms with E-state index in [1.165, 1.54) is 0 Å². The zero-order valence-electron chi connectivity index (χ0n) is 10.5. The summed E-state index contributed by atoms with van der Waals surface area (Å²) in [7, 11) is 3.23. The van der Waals surface area contributed by atoms with Gasteiger partial charge in [-0.25, -0.2) is 4.98 Å². The van der Waals surface area contributed by atoms with Crippen molar-refractivity contribution in [2.24, 2.45) is 0 Å². The van der Waals surface area contributed by atoms with Gasteiger partial charge in [0.2, 0.25) is 5.89 Å². The summed E-state index contributed by atoms with van der Waals surface area (Å²) < 4.78 is 15.7. The van der Waals surface area contributed by atoms with Gasteiger partial charge in [0.05, 0.1) is 18.3 Å². The number of rotatable bonds is 6. The van der Waals surface area contributed by atoms with Gasteiger partial charge in [0.25, 0.3) is 0 Å². The summed E-state index contributed by atoms with van der Waals surface area (Å²) in [4.78, 5) is 4.28. The number of oxazole rings is 1. The highest BCUT2D eigenvalue weighted by atomic mass is 16.7. The molecule has 5 nitrogen and oxygen atoms in total. The maximum Gasteiger partial charge on any atom is 0.208 e. The van der Waals surface area contributed by atoms with Crippen LogP contribution in [0.25, 0.3) is 0 Å². The van der Waals surface area contributed by atoms with Crippen molar-refractivity contribution in [2.45, 2.75) is 39.6 Å². The van der Waals surface area contributed by atoms with Gasteiger partial charge in [0.1, 0.15) is 5.76 Å². The number of nitrogens with zero attached hydrogens (tertiary/aromatic N) is 1. The van der Waals surface area contributed by atoms with Crippen molar-refractivity contribution in [1.82, 2.24) is 10.3 Å². The molecule has 0 aromatic carbocycles. The zero-order chi connectivity index (χ0) is 12.1. The molecule has 0 bridgehead atoms. The number of aromatic nitrogens is 1. The molecule has 92 valence electrons. The summed E-state index contributed by atoms with van der Waals surface area (Å²) in [6.07, 6.45) is -0.267. The predicted molar refractivity (Wildman–Crippen MR) is 60.1 cm³/mol. The van der Waals surface area contributed by atoms with Gasteiger partial charge in [-0.05, 0) is 20.8 Å². The fourth-order valence-corrected chi connectivity index (χ4v) is 1.46. The Bertz CT molecular complexity index is 302. The van der Waals surface area contributed by atoms with E-state index in [0.29, 0.717) is 12.4 Å². The Morgan fingerprint density at radius 2 is 1.94 bits per heavy atom. The molecule has 0 fully saturated rings. The molecule has 1 aromatic rings. The second-order valence-electron chi connectivity index (χ2n) is 3.76. The van der Waals surface area contributed by atoms with Crippen LogP contribution in [0.3, 0.4) is 0 Å². The maximum absolute atomic E-state index is 5.46. The average Bonchev–Trinajstić information content (AvgIpc) is 2.57. The lowest BCUT2D eigenvalue weighted by atomic mass is 10.3. The molecule has 1 N–H and O–H groups in total. The van der Waals surface area contributed by atoms with E-state index in [-0.39, 0.29) is 12.3 Å². The molecule has 1 atom stereocenters. The lowest BCUT2D eigenvalue weighted by Gasteiger charge is -2.21.